The van der Waals surface area contributed by atoms with E-state index in [2.05, 4.69) is 37.0 Å². The van der Waals surface area contributed by atoms with E-state index in [0.29, 0.717) is 22.3 Å². The molecule has 2 aromatic heterocycles. The summed E-state index contributed by atoms with van der Waals surface area (Å²) in [6.45, 7) is 10.9. The minimum Gasteiger partial charge on any atom is -0.206 e. The van der Waals surface area contributed by atoms with E-state index in [4.69, 9.17) is 0 Å². The Morgan fingerprint density at radius 3 is 1.05 bits per heavy atom. The molecule has 0 aliphatic heterocycles. The Bertz CT molecular complexity index is 1780. The maximum absolute atomic E-state index is 15.4. The lowest BCUT2D eigenvalue weighted by molar-refractivity contribution is 0.579. The van der Waals surface area contributed by atoms with Gasteiger partial charge < -0.3 is 0 Å². The van der Waals surface area contributed by atoms with Crippen LogP contribution in [0.4, 0.5) is 17.6 Å². The van der Waals surface area contributed by atoms with Crippen LogP contribution < -0.4 is 30.3 Å². The zero-order valence-electron chi connectivity index (χ0n) is 22.8. The molecule has 0 saturated carbocycles. The zero-order valence-corrected chi connectivity index (χ0v) is 29.0. The number of thiophene rings is 2. The van der Waals surface area contributed by atoms with Crippen molar-refractivity contribution in [1.29, 1.82) is 0 Å². The first kappa shape index (κ1) is 30.2. The average molecular weight is 653 g/mol. The quantitative estimate of drug-likeness (QED) is 0.142. The van der Waals surface area contributed by atoms with E-state index in [0.717, 1.165) is 40.4 Å². The van der Waals surface area contributed by atoms with Crippen LogP contribution in [0.15, 0.2) is 12.1 Å². The molecule has 0 nitrogen and oxygen atoms in total. The molecule has 3 aromatic carbocycles. The van der Waals surface area contributed by atoms with E-state index in [9.17, 15) is 0 Å². The molecular formula is C30H28F4P4S2. The van der Waals surface area contributed by atoms with Gasteiger partial charge in [0.25, 0.3) is 0 Å². The molecule has 2 heterocycles. The van der Waals surface area contributed by atoms with Gasteiger partial charge in [0.1, 0.15) is 23.3 Å². The van der Waals surface area contributed by atoms with Gasteiger partial charge in [-0.3, -0.25) is 0 Å². The van der Waals surface area contributed by atoms with Gasteiger partial charge in [0.15, 0.2) is 0 Å². The summed E-state index contributed by atoms with van der Waals surface area (Å²) in [5, 5.41) is 2.70. The van der Waals surface area contributed by atoms with Crippen molar-refractivity contribution in [2.75, 3.05) is 0 Å². The van der Waals surface area contributed by atoms with Crippen molar-refractivity contribution >= 4 is 112 Å². The fourth-order valence-electron chi connectivity index (χ4n) is 5.03. The summed E-state index contributed by atoms with van der Waals surface area (Å²) >= 11 is 3.04. The Morgan fingerprint density at radius 1 is 0.525 bits per heavy atom. The predicted molar refractivity (Wildman–Crippen MR) is 184 cm³/mol. The summed E-state index contributed by atoms with van der Waals surface area (Å²) in [4.78, 5) is 0. The smallest absolute Gasteiger partial charge is 0.136 e. The number of rotatable bonds is 2. The Morgan fingerprint density at radius 2 is 0.800 bits per heavy atom. The molecule has 4 unspecified atom stereocenters. The first-order chi connectivity index (χ1) is 18.7. The second-order valence-electron chi connectivity index (χ2n) is 10.4. The number of halogens is 4. The molecule has 0 aliphatic rings. The molecule has 10 heteroatoms. The second kappa shape index (κ2) is 10.8. The Kier molecular flexibility index (Phi) is 8.15. The van der Waals surface area contributed by atoms with E-state index in [1.807, 2.05) is 39.8 Å². The van der Waals surface area contributed by atoms with Gasteiger partial charge in [0.05, 0.1) is 0 Å². The highest BCUT2D eigenvalue weighted by Gasteiger charge is 2.28. The molecule has 0 spiro atoms. The molecular weight excluding hydrogens is 624 g/mol. The maximum atomic E-state index is 15.4. The summed E-state index contributed by atoms with van der Waals surface area (Å²) < 4.78 is 65.2. The fraction of sp³-hybridized carbons (Fsp3) is 0.200. The highest BCUT2D eigenvalue weighted by molar-refractivity contribution is 7.31. The van der Waals surface area contributed by atoms with Gasteiger partial charge in [-0.25, -0.2) is 17.6 Å². The summed E-state index contributed by atoms with van der Waals surface area (Å²) in [5.41, 5.74) is 4.39. The molecule has 4 atom stereocenters. The van der Waals surface area contributed by atoms with Crippen molar-refractivity contribution in [3.63, 3.8) is 0 Å². The highest BCUT2D eigenvalue weighted by atomic mass is 32.1. The third kappa shape index (κ3) is 4.45. The molecule has 0 amide bonds. The molecule has 5 rings (SSSR count). The van der Waals surface area contributed by atoms with Crippen molar-refractivity contribution < 1.29 is 17.6 Å². The summed E-state index contributed by atoms with van der Waals surface area (Å²) in [7, 11) is 9.86. The topological polar surface area (TPSA) is 0 Å². The predicted octanol–water partition coefficient (Wildman–Crippen LogP) is 7.01. The molecule has 0 aliphatic carbocycles. The van der Waals surface area contributed by atoms with E-state index in [1.54, 1.807) is 0 Å². The monoisotopic (exact) mass is 652 g/mol. The van der Waals surface area contributed by atoms with Gasteiger partial charge >= 0.3 is 0 Å². The molecule has 0 saturated heterocycles. The Labute approximate surface area is 248 Å². The standard InChI is InChI=1S/C30H28F4P4S2/c1-9(2)15-7-13-17(19-25(35)21(31)11(5)22(32)26(19)36)30-14(8-16(40-30)10(3)4)18(29(13)39-15)20-27(37)23(33)12(6)24(34)28(20)38/h7-8H,35-38H2,1-6H3. The highest BCUT2D eigenvalue weighted by Crippen LogP contribution is 2.46. The Hall–Kier alpha value is -1.24. The van der Waals surface area contributed by atoms with Crippen molar-refractivity contribution in [2.45, 2.75) is 41.5 Å². The normalized spacial score (nSPS) is 11.8. The lowest BCUT2D eigenvalue weighted by Gasteiger charge is -2.20. The van der Waals surface area contributed by atoms with Crippen LogP contribution in [-0.2, 0) is 0 Å². The molecule has 0 fully saturated rings. The van der Waals surface area contributed by atoms with Crippen LogP contribution in [0.1, 0.15) is 38.8 Å². The van der Waals surface area contributed by atoms with Gasteiger partial charge in [0.2, 0.25) is 0 Å². The zero-order chi connectivity index (χ0) is 29.5. The third-order valence-corrected chi connectivity index (χ3v) is 12.2. The van der Waals surface area contributed by atoms with Gasteiger partial charge in [0, 0.05) is 83.8 Å². The third-order valence-electron chi connectivity index (χ3n) is 7.28. The van der Waals surface area contributed by atoms with Crippen LogP contribution in [0.2, 0.25) is 0 Å². The van der Waals surface area contributed by atoms with Gasteiger partial charge in [-0.15, -0.1) is 59.6 Å². The van der Waals surface area contributed by atoms with Crippen molar-refractivity contribution in [3.8, 4) is 22.3 Å². The largest absolute Gasteiger partial charge is 0.206 e. The SMILES string of the molecule is CC(C)=c1cc2c(-c3c(P)c(F)c(C)c(F)c3P)c3sc(=C(C)C)cc3c(-c3c(P)c(F)c(C)c(F)c3P)c2s1. The molecule has 0 radical (unpaired) electrons. The van der Waals surface area contributed by atoms with Crippen LogP contribution in [0.5, 0.6) is 0 Å². The number of fused-ring (bicyclic) bond motifs is 2. The number of benzene rings is 3. The molecule has 208 valence electrons. The summed E-state index contributed by atoms with van der Waals surface area (Å²) in [5.74, 6) is -2.44. The second-order valence-corrected chi connectivity index (χ2v) is 14.8. The van der Waals surface area contributed by atoms with E-state index in [-0.39, 0.29) is 32.3 Å². The van der Waals surface area contributed by atoms with Crippen molar-refractivity contribution in [1.82, 2.24) is 0 Å². The maximum Gasteiger partial charge on any atom is 0.136 e. The van der Waals surface area contributed by atoms with E-state index in [1.165, 1.54) is 36.5 Å². The van der Waals surface area contributed by atoms with Crippen LogP contribution in [-0.4, -0.2) is 0 Å². The Balaban J connectivity index is 2.18. The van der Waals surface area contributed by atoms with Gasteiger partial charge in [-0.2, -0.15) is 0 Å². The fourth-order valence-corrected chi connectivity index (χ4v) is 9.80. The van der Waals surface area contributed by atoms with Gasteiger partial charge in [-0.05, 0) is 53.7 Å². The van der Waals surface area contributed by atoms with Crippen molar-refractivity contribution in [3.05, 3.63) is 55.6 Å². The summed E-state index contributed by atoms with van der Waals surface area (Å²) in [6, 6.07) is 4.07. The van der Waals surface area contributed by atoms with Crippen LogP contribution >= 0.6 is 59.6 Å². The average Bonchev–Trinajstić information content (AvgIpc) is 3.55. The lowest BCUT2D eigenvalue weighted by atomic mass is 9.92. The lowest BCUT2D eigenvalue weighted by Crippen LogP contribution is -2.20. The minimum absolute atomic E-state index is 0.0397. The van der Waals surface area contributed by atoms with Crippen LogP contribution in [0, 0.1) is 37.1 Å². The molecule has 40 heavy (non-hydrogen) atoms. The number of hydrogen-bond acceptors (Lipinski definition) is 2. The first-order valence-electron chi connectivity index (χ1n) is 12.4. The van der Waals surface area contributed by atoms with Crippen molar-refractivity contribution in [2.24, 2.45) is 0 Å². The summed E-state index contributed by atoms with van der Waals surface area (Å²) in [6.07, 6.45) is 0. The first-order valence-corrected chi connectivity index (χ1v) is 16.3. The minimum atomic E-state index is -0.611. The van der Waals surface area contributed by atoms with E-state index >= 15 is 17.6 Å². The van der Waals surface area contributed by atoms with Gasteiger partial charge in [-0.1, -0.05) is 11.1 Å². The molecule has 0 bridgehead atoms. The van der Waals surface area contributed by atoms with E-state index < -0.39 is 23.3 Å². The van der Waals surface area contributed by atoms with Crippen LogP contribution in [0.3, 0.4) is 0 Å². The number of hydrogen-bond donors (Lipinski definition) is 0. The molecule has 5 aromatic rings. The van der Waals surface area contributed by atoms with Crippen LogP contribution in [0.25, 0.3) is 53.6 Å². The molecule has 0 N–H and O–H groups in total.